The highest BCUT2D eigenvalue weighted by molar-refractivity contribution is 6.39. The first-order valence-corrected chi connectivity index (χ1v) is 15.5. The van der Waals surface area contributed by atoms with E-state index in [-0.39, 0.29) is 40.2 Å². The zero-order chi connectivity index (χ0) is 33.5. The van der Waals surface area contributed by atoms with Crippen LogP contribution in [0.4, 0.5) is 5.69 Å². The molecule has 3 aromatic rings. The molecule has 2 heterocycles. The van der Waals surface area contributed by atoms with Gasteiger partial charge in [0.15, 0.2) is 12.4 Å². The Kier molecular flexibility index (Phi) is 10.7. The Labute approximate surface area is 279 Å². The monoisotopic (exact) mass is 680 g/mol. The first-order valence-electron chi connectivity index (χ1n) is 14.7. The maximum atomic E-state index is 13.8. The standard InChI is InChI=1S/C33H30Cl2N4O8/c34-21-9-6-10-22(35)29(21)33(45)47-18-26(40)23(15-20-13-14-36-30(20)42)37-28(41)16-39-25-11-4-5-12-27(25)46-17-24(32(39)44)38-31(43)19-7-2-1-3-8-19/h1-12,20,23-24H,13-18H2,(H,36,42)(H,37,41)(H,38,43)/t20-,23?,24-/m0/s1. The fraction of sp³-hybridized carbons (Fsp3) is 0.273. The van der Waals surface area contributed by atoms with Gasteiger partial charge in [-0.25, -0.2) is 4.79 Å². The van der Waals surface area contributed by atoms with Crippen LogP contribution < -0.4 is 25.6 Å². The zero-order valence-corrected chi connectivity index (χ0v) is 26.4. The van der Waals surface area contributed by atoms with Crippen LogP contribution in [0.3, 0.4) is 0 Å². The molecule has 0 spiro atoms. The molecule has 12 nitrogen and oxygen atoms in total. The Balaban J connectivity index is 1.32. The minimum Gasteiger partial charge on any atom is -0.489 e. The summed E-state index contributed by atoms with van der Waals surface area (Å²) < 4.78 is 11.0. The fourth-order valence-electron chi connectivity index (χ4n) is 5.26. The van der Waals surface area contributed by atoms with Gasteiger partial charge >= 0.3 is 5.97 Å². The van der Waals surface area contributed by atoms with Gasteiger partial charge in [-0.15, -0.1) is 0 Å². The lowest BCUT2D eigenvalue weighted by Crippen LogP contribution is -2.54. The molecule has 0 radical (unpaired) electrons. The average Bonchev–Trinajstić information content (AvgIpc) is 3.42. The summed E-state index contributed by atoms with van der Waals surface area (Å²) in [6.07, 6.45) is 0.371. The Morgan fingerprint density at radius 2 is 1.66 bits per heavy atom. The van der Waals surface area contributed by atoms with Crippen LogP contribution in [-0.4, -0.2) is 73.8 Å². The molecule has 3 aromatic carbocycles. The number of anilines is 1. The molecule has 1 unspecified atom stereocenters. The van der Waals surface area contributed by atoms with Gasteiger partial charge in [-0.2, -0.15) is 0 Å². The van der Waals surface area contributed by atoms with Gasteiger partial charge in [-0.1, -0.05) is 59.6 Å². The number of Topliss-reactive ketones (excluding diaryl/α,β-unsaturated/α-hetero) is 1. The SMILES string of the molecule is O=C(CN1C(=O)[C@@H](NC(=O)c2ccccc2)COc2ccccc21)NC(C[C@@H]1CCNC1=O)C(=O)COC(=O)c1c(Cl)cccc1Cl. The Bertz CT molecular complexity index is 1680. The van der Waals surface area contributed by atoms with Crippen molar-refractivity contribution in [2.75, 3.05) is 31.2 Å². The normalized spacial score (nSPS) is 17.8. The summed E-state index contributed by atoms with van der Waals surface area (Å²) in [6.45, 7) is -1.07. The minimum absolute atomic E-state index is 0.0343. The summed E-state index contributed by atoms with van der Waals surface area (Å²) >= 11 is 12.2. The van der Waals surface area contributed by atoms with Crippen LogP contribution >= 0.6 is 23.2 Å². The summed E-state index contributed by atoms with van der Waals surface area (Å²) in [5.41, 5.74) is 0.503. The van der Waals surface area contributed by atoms with Crippen molar-refractivity contribution in [3.8, 4) is 5.75 Å². The number of ether oxygens (including phenoxy) is 2. The van der Waals surface area contributed by atoms with Crippen molar-refractivity contribution in [2.24, 2.45) is 5.92 Å². The average molecular weight is 682 g/mol. The number of para-hydroxylation sites is 2. The molecule has 4 amide bonds. The molecular weight excluding hydrogens is 651 g/mol. The summed E-state index contributed by atoms with van der Waals surface area (Å²) in [6, 6.07) is 16.9. The second-order valence-corrected chi connectivity index (χ2v) is 11.7. The number of carbonyl (C=O) groups is 6. The molecular formula is C33H30Cl2N4O8. The number of benzene rings is 3. The van der Waals surface area contributed by atoms with E-state index >= 15 is 0 Å². The van der Waals surface area contributed by atoms with E-state index in [0.717, 1.165) is 4.90 Å². The molecule has 3 atom stereocenters. The van der Waals surface area contributed by atoms with Gasteiger partial charge in [-0.3, -0.25) is 28.9 Å². The highest BCUT2D eigenvalue weighted by atomic mass is 35.5. The third-order valence-corrected chi connectivity index (χ3v) is 8.32. The topological polar surface area (TPSA) is 160 Å². The number of hydrogen-bond acceptors (Lipinski definition) is 8. The molecule has 14 heteroatoms. The molecule has 1 saturated heterocycles. The van der Waals surface area contributed by atoms with Gasteiger partial charge in [-0.05, 0) is 49.2 Å². The van der Waals surface area contributed by atoms with Gasteiger partial charge in [0.25, 0.3) is 11.8 Å². The van der Waals surface area contributed by atoms with E-state index in [9.17, 15) is 28.8 Å². The molecule has 244 valence electrons. The predicted octanol–water partition coefficient (Wildman–Crippen LogP) is 2.95. The smallest absolute Gasteiger partial charge is 0.341 e. The quantitative estimate of drug-likeness (QED) is 0.261. The number of nitrogens with one attached hydrogen (secondary N) is 3. The molecule has 1 fully saturated rings. The molecule has 0 bridgehead atoms. The molecule has 2 aliphatic heterocycles. The summed E-state index contributed by atoms with van der Waals surface area (Å²) in [7, 11) is 0. The highest BCUT2D eigenvalue weighted by Crippen LogP contribution is 2.31. The first-order chi connectivity index (χ1) is 22.6. The van der Waals surface area contributed by atoms with Gasteiger partial charge in [0, 0.05) is 18.0 Å². The molecule has 0 aliphatic carbocycles. The van der Waals surface area contributed by atoms with Crippen molar-refractivity contribution < 1.29 is 38.2 Å². The van der Waals surface area contributed by atoms with Crippen LogP contribution in [0.2, 0.25) is 10.0 Å². The van der Waals surface area contributed by atoms with E-state index in [2.05, 4.69) is 16.0 Å². The van der Waals surface area contributed by atoms with E-state index in [1.165, 1.54) is 12.1 Å². The van der Waals surface area contributed by atoms with E-state index in [1.54, 1.807) is 60.7 Å². The molecule has 2 aliphatic rings. The maximum absolute atomic E-state index is 13.8. The number of esters is 1. The van der Waals surface area contributed by atoms with Gasteiger partial charge < -0.3 is 25.4 Å². The van der Waals surface area contributed by atoms with Crippen LogP contribution in [-0.2, 0) is 23.9 Å². The molecule has 47 heavy (non-hydrogen) atoms. The Morgan fingerprint density at radius 1 is 0.957 bits per heavy atom. The number of ketones is 1. The molecule has 0 aromatic heterocycles. The van der Waals surface area contributed by atoms with Gasteiger partial charge in [0.05, 0.1) is 27.3 Å². The Morgan fingerprint density at radius 3 is 2.36 bits per heavy atom. The first kappa shape index (κ1) is 33.4. The van der Waals surface area contributed by atoms with Crippen LogP contribution in [0, 0.1) is 5.92 Å². The summed E-state index contributed by atoms with van der Waals surface area (Å²) in [5.74, 6) is -4.02. The van der Waals surface area contributed by atoms with E-state index < -0.39 is 60.6 Å². The summed E-state index contributed by atoms with van der Waals surface area (Å²) in [5, 5.41) is 8.05. The molecule has 3 N–H and O–H groups in total. The number of carbonyl (C=O) groups excluding carboxylic acids is 6. The lowest BCUT2D eigenvalue weighted by Gasteiger charge is -2.26. The van der Waals surface area contributed by atoms with Crippen molar-refractivity contribution in [1.29, 1.82) is 0 Å². The van der Waals surface area contributed by atoms with Crippen molar-refractivity contribution >= 4 is 64.3 Å². The fourth-order valence-corrected chi connectivity index (χ4v) is 5.81. The third-order valence-electron chi connectivity index (χ3n) is 7.69. The van der Waals surface area contributed by atoms with Gasteiger partial charge in [0.1, 0.15) is 24.9 Å². The summed E-state index contributed by atoms with van der Waals surface area (Å²) in [4.78, 5) is 79.8. The van der Waals surface area contributed by atoms with Gasteiger partial charge in [0.2, 0.25) is 11.8 Å². The predicted molar refractivity (Wildman–Crippen MR) is 171 cm³/mol. The number of nitrogens with zero attached hydrogens (tertiary/aromatic N) is 1. The second kappa shape index (κ2) is 15.1. The van der Waals surface area contributed by atoms with Crippen LogP contribution in [0.15, 0.2) is 72.8 Å². The largest absolute Gasteiger partial charge is 0.489 e. The number of halogens is 2. The number of rotatable bonds is 11. The van der Waals surface area contributed by atoms with Crippen molar-refractivity contribution in [1.82, 2.24) is 16.0 Å². The number of amides is 4. The minimum atomic E-state index is -1.24. The van der Waals surface area contributed by atoms with Crippen LogP contribution in [0.25, 0.3) is 0 Å². The van der Waals surface area contributed by atoms with Crippen LogP contribution in [0.5, 0.6) is 5.75 Å². The maximum Gasteiger partial charge on any atom is 0.341 e. The lowest BCUT2D eigenvalue weighted by atomic mass is 9.96. The van der Waals surface area contributed by atoms with E-state index in [0.29, 0.717) is 24.3 Å². The van der Waals surface area contributed by atoms with E-state index in [1.807, 2.05) is 0 Å². The van der Waals surface area contributed by atoms with Crippen molar-refractivity contribution in [2.45, 2.75) is 24.9 Å². The highest BCUT2D eigenvalue weighted by Gasteiger charge is 2.36. The lowest BCUT2D eigenvalue weighted by molar-refractivity contribution is -0.130. The second-order valence-electron chi connectivity index (χ2n) is 10.9. The van der Waals surface area contributed by atoms with Crippen molar-refractivity contribution in [3.63, 3.8) is 0 Å². The third kappa shape index (κ3) is 8.08. The number of fused-ring (bicyclic) bond motifs is 1. The zero-order valence-electron chi connectivity index (χ0n) is 24.9. The van der Waals surface area contributed by atoms with Crippen molar-refractivity contribution in [3.05, 3.63) is 94.0 Å². The Hall–Kier alpha value is -4.94. The number of hydrogen-bond donors (Lipinski definition) is 3. The molecule has 0 saturated carbocycles. The molecule has 5 rings (SSSR count). The van der Waals surface area contributed by atoms with Crippen LogP contribution in [0.1, 0.15) is 33.6 Å². The van der Waals surface area contributed by atoms with E-state index in [4.69, 9.17) is 32.7 Å².